The number of imidazole rings is 1. The average molecular weight is 383 g/mol. The summed E-state index contributed by atoms with van der Waals surface area (Å²) in [6, 6.07) is 5.67. The fraction of sp³-hybridized carbons (Fsp3) is 0.133. The molecule has 2 aromatic heterocycles. The van der Waals surface area contributed by atoms with Gasteiger partial charge in [0.05, 0.1) is 18.6 Å². The number of rotatable bonds is 5. The molecule has 3 aromatic rings. The fourth-order valence-electron chi connectivity index (χ4n) is 2.19. The van der Waals surface area contributed by atoms with E-state index in [2.05, 4.69) is 20.3 Å². The topological polar surface area (TPSA) is 164 Å². The zero-order valence-corrected chi connectivity index (χ0v) is 17.0. The van der Waals surface area contributed by atoms with E-state index < -0.39 is 5.97 Å². The quantitative estimate of drug-likeness (QED) is 0.423. The maximum atomic E-state index is 12.0. The minimum atomic E-state index is -1.28. The van der Waals surface area contributed by atoms with Gasteiger partial charge in [-0.05, 0) is 17.7 Å². The molecule has 2 heterocycles. The number of fused-ring (bicyclic) bond motifs is 1. The van der Waals surface area contributed by atoms with E-state index in [1.165, 1.54) is 36.9 Å². The van der Waals surface area contributed by atoms with Gasteiger partial charge in [-0.2, -0.15) is 0 Å². The number of hydrogen-bond acceptors (Lipinski definition) is 6. The number of amides is 1. The number of carboxylic acids is 1. The molecule has 3 rings (SSSR count). The van der Waals surface area contributed by atoms with Crippen LogP contribution >= 0.6 is 0 Å². The van der Waals surface area contributed by atoms with Crippen LogP contribution in [-0.2, 0) is 11.3 Å². The Balaban J connectivity index is 0.00000169. The smallest absolute Gasteiger partial charge is 0.545 e. The van der Waals surface area contributed by atoms with Crippen molar-refractivity contribution in [2.24, 2.45) is 0 Å². The van der Waals surface area contributed by atoms with Gasteiger partial charge in [0.1, 0.15) is 0 Å². The van der Waals surface area contributed by atoms with Gasteiger partial charge in [-0.3, -0.25) is 9.59 Å². The Morgan fingerprint density at radius 3 is 2.54 bits per heavy atom. The molecule has 10 nitrogen and oxygen atoms in total. The van der Waals surface area contributed by atoms with Crippen LogP contribution in [0.15, 0.2) is 41.7 Å². The second-order valence-corrected chi connectivity index (χ2v) is 5.00. The molecule has 1 aromatic carbocycles. The minimum Gasteiger partial charge on any atom is -0.545 e. The number of nitrogens with zero attached hydrogens (tertiary/aromatic N) is 3. The van der Waals surface area contributed by atoms with Gasteiger partial charge in [0.15, 0.2) is 11.2 Å². The van der Waals surface area contributed by atoms with Crippen LogP contribution in [0.4, 0.5) is 5.69 Å². The SMILES string of the molecule is O.O=C(CCn1cnc2c(=O)[nH]cnc21)Nc1ccc(C(=O)[O-])cc1.[K+]. The van der Waals surface area contributed by atoms with Crippen molar-refractivity contribution >= 4 is 28.7 Å². The molecule has 0 aliphatic heterocycles. The van der Waals surface area contributed by atoms with Crippen LogP contribution in [-0.4, -0.2) is 36.9 Å². The van der Waals surface area contributed by atoms with Crippen molar-refractivity contribution in [2.45, 2.75) is 13.0 Å². The molecule has 0 aliphatic carbocycles. The van der Waals surface area contributed by atoms with Gasteiger partial charge in [-0.1, -0.05) is 12.1 Å². The Labute approximate surface area is 189 Å². The van der Waals surface area contributed by atoms with E-state index in [0.717, 1.165) is 0 Å². The second kappa shape index (κ2) is 9.71. The molecule has 0 unspecified atom stereocenters. The van der Waals surface area contributed by atoms with Gasteiger partial charge < -0.3 is 30.2 Å². The van der Waals surface area contributed by atoms with Gasteiger partial charge in [-0.25, -0.2) is 9.97 Å². The van der Waals surface area contributed by atoms with Gasteiger partial charge in [0, 0.05) is 18.7 Å². The Hall–Kier alpha value is -1.89. The summed E-state index contributed by atoms with van der Waals surface area (Å²) in [6.07, 6.45) is 2.87. The van der Waals surface area contributed by atoms with Crippen LogP contribution in [0.3, 0.4) is 0 Å². The van der Waals surface area contributed by atoms with Crippen LogP contribution in [0.2, 0.25) is 0 Å². The van der Waals surface area contributed by atoms with Crippen molar-refractivity contribution < 1.29 is 71.6 Å². The predicted molar refractivity (Wildman–Crippen MR) is 85.8 cm³/mol. The third-order valence-electron chi connectivity index (χ3n) is 3.39. The summed E-state index contributed by atoms with van der Waals surface area (Å²) in [7, 11) is 0. The summed E-state index contributed by atoms with van der Waals surface area (Å²) in [5, 5.41) is 13.3. The van der Waals surface area contributed by atoms with Crippen LogP contribution in [0, 0.1) is 0 Å². The number of hydrogen-bond donors (Lipinski definition) is 2. The molecule has 0 fully saturated rings. The minimum absolute atomic E-state index is 0. The molecular weight excluding hydrogens is 369 g/mol. The number of aromatic nitrogens is 4. The van der Waals surface area contributed by atoms with Gasteiger partial charge in [0.25, 0.3) is 5.56 Å². The Bertz CT molecular complexity index is 966. The Morgan fingerprint density at radius 1 is 1.19 bits per heavy atom. The summed E-state index contributed by atoms with van der Waals surface area (Å²) < 4.78 is 1.61. The van der Waals surface area contributed by atoms with Crippen molar-refractivity contribution in [3.05, 3.63) is 52.8 Å². The summed E-state index contributed by atoms with van der Waals surface area (Å²) in [4.78, 5) is 44.6. The molecule has 0 saturated carbocycles. The van der Waals surface area contributed by atoms with E-state index in [0.29, 0.717) is 17.9 Å². The van der Waals surface area contributed by atoms with E-state index in [4.69, 9.17) is 0 Å². The first kappa shape index (κ1) is 22.1. The van der Waals surface area contributed by atoms with E-state index in [-0.39, 0.29) is 85.8 Å². The summed E-state index contributed by atoms with van der Waals surface area (Å²) >= 11 is 0. The fourth-order valence-corrected chi connectivity index (χ4v) is 2.19. The summed E-state index contributed by atoms with van der Waals surface area (Å²) in [5.74, 6) is -1.54. The molecule has 130 valence electrons. The molecule has 0 bridgehead atoms. The molecule has 1 amide bonds. The van der Waals surface area contributed by atoms with Crippen molar-refractivity contribution in [1.29, 1.82) is 0 Å². The molecule has 0 saturated heterocycles. The van der Waals surface area contributed by atoms with Crippen molar-refractivity contribution in [3.8, 4) is 0 Å². The van der Waals surface area contributed by atoms with Crippen LogP contribution in [0.5, 0.6) is 0 Å². The normalized spacial score (nSPS) is 9.85. The molecule has 26 heavy (non-hydrogen) atoms. The first-order chi connectivity index (χ1) is 11.5. The van der Waals surface area contributed by atoms with E-state index >= 15 is 0 Å². The molecular formula is C15H14KN5O5. The van der Waals surface area contributed by atoms with Crippen LogP contribution in [0.25, 0.3) is 11.2 Å². The largest absolute Gasteiger partial charge is 1.00 e. The molecule has 0 atom stereocenters. The number of carboxylic acid groups (broad SMARTS) is 1. The van der Waals surface area contributed by atoms with E-state index in [9.17, 15) is 19.5 Å². The summed E-state index contributed by atoms with van der Waals surface area (Å²) in [6.45, 7) is 0.302. The maximum absolute atomic E-state index is 12.0. The van der Waals surface area contributed by atoms with Crippen LogP contribution < -0.4 is 67.4 Å². The summed E-state index contributed by atoms with van der Waals surface area (Å²) in [5.41, 5.74) is 0.807. The zero-order chi connectivity index (χ0) is 17.1. The zero-order valence-electron chi connectivity index (χ0n) is 13.9. The van der Waals surface area contributed by atoms with Crippen molar-refractivity contribution in [3.63, 3.8) is 0 Å². The number of aromatic carboxylic acids is 1. The number of carbonyl (C=O) groups excluding carboxylic acids is 2. The molecule has 11 heteroatoms. The number of anilines is 1. The number of H-pyrrole nitrogens is 1. The molecule has 0 radical (unpaired) electrons. The third-order valence-corrected chi connectivity index (χ3v) is 3.39. The Kier molecular flexibility index (Phi) is 8.27. The Morgan fingerprint density at radius 2 is 1.88 bits per heavy atom. The van der Waals surface area contributed by atoms with Crippen LogP contribution in [0.1, 0.15) is 16.8 Å². The monoisotopic (exact) mass is 383 g/mol. The standard InChI is InChI=1S/C15H13N5O4.K.H2O/c21-11(19-10-3-1-9(2-4-10)15(23)24)5-6-20-8-18-12-13(20)16-7-17-14(12)22;;/h1-4,7-8H,5-6H2,(H,19,21)(H,23,24)(H,16,17,22);;1H2/q;+1;/p-1. The van der Waals surface area contributed by atoms with E-state index in [1.807, 2.05) is 0 Å². The third kappa shape index (κ3) is 5.06. The van der Waals surface area contributed by atoms with Gasteiger partial charge >= 0.3 is 51.4 Å². The molecule has 0 aliphatic rings. The number of carbonyl (C=O) groups is 2. The average Bonchev–Trinajstić information content (AvgIpc) is 2.98. The predicted octanol–water partition coefficient (Wildman–Crippen LogP) is -4.31. The maximum Gasteiger partial charge on any atom is 1.00 e. The first-order valence-electron chi connectivity index (χ1n) is 7.04. The number of nitrogens with one attached hydrogen (secondary N) is 2. The van der Waals surface area contributed by atoms with Gasteiger partial charge in [0.2, 0.25) is 5.91 Å². The second-order valence-electron chi connectivity index (χ2n) is 5.00. The molecule has 4 N–H and O–H groups in total. The number of aromatic amines is 1. The van der Waals surface area contributed by atoms with Gasteiger partial charge in [-0.15, -0.1) is 0 Å². The number of benzene rings is 1. The first-order valence-corrected chi connectivity index (χ1v) is 7.04. The molecule has 0 spiro atoms. The number of aryl methyl sites for hydroxylation is 1. The van der Waals surface area contributed by atoms with Crippen molar-refractivity contribution in [2.75, 3.05) is 5.32 Å². The van der Waals surface area contributed by atoms with Crippen molar-refractivity contribution in [1.82, 2.24) is 19.5 Å². The van der Waals surface area contributed by atoms with E-state index in [1.54, 1.807) is 4.57 Å².